The van der Waals surface area contributed by atoms with Crippen LogP contribution >= 0.6 is 7.82 Å². The fourth-order valence-electron chi connectivity index (χ4n) is 4.54. The van der Waals surface area contributed by atoms with Gasteiger partial charge in [-0.3, -0.25) is 9.48 Å². The van der Waals surface area contributed by atoms with Gasteiger partial charge in [0.25, 0.3) is 5.56 Å². The average Bonchev–Trinajstić information content (AvgIpc) is 3.13. The first-order valence-corrected chi connectivity index (χ1v) is 15.3. The standard InChI is InChI=1S/C23H32N6O4S.Na.H3O4P/c1-6-8-18-20-21(28(5)27-18)23(30)26-22(25-20)17-11-16(9-10-19(17)33-7-2)34(31,32)29-12-14(3)24-15(4)13-29;;1-5(2,3)4/h9-11,14-15,24H,6-8,12-13H2,1-5H3,(H,25,26,30);;(H3,1,2,3,4)/q;+1;/p-2/t14-,15+;;. The van der Waals surface area contributed by atoms with Gasteiger partial charge in [0, 0.05) is 32.2 Å². The summed E-state index contributed by atoms with van der Waals surface area (Å²) in [4.78, 5) is 44.9. The number of rotatable bonds is 7. The van der Waals surface area contributed by atoms with Gasteiger partial charge >= 0.3 is 29.6 Å². The quantitative estimate of drug-likeness (QED) is 0.181. The van der Waals surface area contributed by atoms with Crippen LogP contribution in [0.3, 0.4) is 0 Å². The third kappa shape index (κ3) is 8.44. The van der Waals surface area contributed by atoms with Crippen molar-refractivity contribution in [3.63, 3.8) is 0 Å². The minimum Gasteiger partial charge on any atom is -0.790 e. The number of hydrogen-bond donors (Lipinski definition) is 3. The number of aromatic amines is 1. The predicted octanol–water partition coefficient (Wildman–Crippen LogP) is -3.14. The van der Waals surface area contributed by atoms with E-state index in [0.29, 0.717) is 48.5 Å². The van der Waals surface area contributed by atoms with Gasteiger partial charge in [-0.05, 0) is 45.4 Å². The van der Waals surface area contributed by atoms with Gasteiger partial charge in [0.15, 0.2) is 5.52 Å². The number of sulfonamides is 1. The van der Waals surface area contributed by atoms with E-state index in [0.717, 1.165) is 12.1 Å². The van der Waals surface area contributed by atoms with Crippen LogP contribution in [-0.2, 0) is 28.1 Å². The van der Waals surface area contributed by atoms with E-state index in [1.165, 1.54) is 15.1 Å². The number of fused-ring (bicyclic) bond motifs is 1. The Morgan fingerprint density at radius 2 is 1.80 bits per heavy atom. The van der Waals surface area contributed by atoms with Crippen molar-refractivity contribution >= 4 is 28.9 Å². The first-order valence-electron chi connectivity index (χ1n) is 12.4. The third-order valence-electron chi connectivity index (χ3n) is 5.92. The molecule has 3 heterocycles. The van der Waals surface area contributed by atoms with Crippen LogP contribution in [-0.4, -0.2) is 69.1 Å². The summed E-state index contributed by atoms with van der Waals surface area (Å²) < 4.78 is 44.5. The predicted molar refractivity (Wildman–Crippen MR) is 140 cm³/mol. The summed E-state index contributed by atoms with van der Waals surface area (Å²) >= 11 is 0. The molecule has 3 N–H and O–H groups in total. The summed E-state index contributed by atoms with van der Waals surface area (Å²) in [6.07, 6.45) is 1.54. The van der Waals surface area contributed by atoms with E-state index >= 15 is 0 Å². The molecule has 14 nitrogen and oxygen atoms in total. The normalized spacial score (nSPS) is 18.1. The molecule has 0 bridgehead atoms. The van der Waals surface area contributed by atoms with Crippen molar-refractivity contribution in [2.75, 3.05) is 19.7 Å². The number of aromatic nitrogens is 4. The Hall–Kier alpha value is -1.65. The van der Waals surface area contributed by atoms with Crippen molar-refractivity contribution in [2.24, 2.45) is 7.05 Å². The van der Waals surface area contributed by atoms with Gasteiger partial charge in [-0.2, -0.15) is 9.40 Å². The summed E-state index contributed by atoms with van der Waals surface area (Å²) in [6.45, 7) is 8.96. The molecule has 40 heavy (non-hydrogen) atoms. The second-order valence-electron chi connectivity index (χ2n) is 9.28. The molecule has 0 amide bonds. The Morgan fingerprint density at radius 3 is 2.35 bits per heavy atom. The van der Waals surface area contributed by atoms with Crippen molar-refractivity contribution in [1.82, 2.24) is 29.4 Å². The molecule has 0 saturated carbocycles. The van der Waals surface area contributed by atoms with E-state index in [9.17, 15) is 13.2 Å². The maximum absolute atomic E-state index is 13.5. The van der Waals surface area contributed by atoms with Gasteiger partial charge in [0.05, 0.1) is 30.6 Å². The van der Waals surface area contributed by atoms with Crippen molar-refractivity contribution in [3.8, 4) is 17.1 Å². The number of aryl methyl sites for hydroxylation is 2. The molecule has 0 aliphatic carbocycles. The Bertz CT molecular complexity index is 1520. The van der Waals surface area contributed by atoms with E-state index in [4.69, 9.17) is 29.0 Å². The zero-order valence-electron chi connectivity index (χ0n) is 23.4. The number of H-pyrrole nitrogens is 1. The second kappa shape index (κ2) is 14.0. The molecule has 1 saturated heterocycles. The zero-order chi connectivity index (χ0) is 29.1. The van der Waals surface area contributed by atoms with E-state index in [1.807, 2.05) is 27.7 Å². The largest absolute Gasteiger partial charge is 1.00 e. The van der Waals surface area contributed by atoms with E-state index in [1.54, 1.807) is 19.2 Å². The fraction of sp³-hybridized carbons (Fsp3) is 0.522. The van der Waals surface area contributed by atoms with Gasteiger partial charge in [-0.15, -0.1) is 0 Å². The van der Waals surface area contributed by atoms with Crippen LogP contribution in [0, 0.1) is 0 Å². The molecule has 0 radical (unpaired) electrons. The number of nitrogens with zero attached hydrogens (tertiary/aromatic N) is 4. The molecule has 216 valence electrons. The molecule has 2 aromatic heterocycles. The molecule has 0 spiro atoms. The van der Waals surface area contributed by atoms with Crippen molar-refractivity contribution in [2.45, 2.75) is 57.5 Å². The zero-order valence-corrected chi connectivity index (χ0v) is 27.1. The summed E-state index contributed by atoms with van der Waals surface area (Å²) in [5, 5.41) is 7.81. The molecular formula is C23H33N6NaO8PS-. The Kier molecular flexibility index (Phi) is 12.1. The van der Waals surface area contributed by atoms with Gasteiger partial charge in [-0.25, -0.2) is 13.4 Å². The number of ether oxygens (including phenoxy) is 1. The molecule has 1 aliphatic heterocycles. The maximum atomic E-state index is 13.5. The molecule has 1 fully saturated rings. The average molecular weight is 608 g/mol. The summed E-state index contributed by atoms with van der Waals surface area (Å²) in [7, 11) is -7.18. The van der Waals surface area contributed by atoms with Crippen LogP contribution in [0.15, 0.2) is 27.9 Å². The number of nitrogens with one attached hydrogen (secondary N) is 2. The number of piperazine rings is 1. The van der Waals surface area contributed by atoms with Gasteiger partial charge in [0.1, 0.15) is 17.1 Å². The SMILES string of the molecule is CCCc1nn(C)c2c(=O)[nH]c(-c3cc(S(=O)(=O)N4C[C@@H](C)N[C@@H](C)C4)ccc3OCC)nc12.O=P([O-])([O-])O.[Na+]. The first-order chi connectivity index (χ1) is 18.1. The molecule has 3 aromatic rings. The fourth-order valence-corrected chi connectivity index (χ4v) is 6.18. The number of hydrogen-bond acceptors (Lipinski definition) is 10. The van der Waals surface area contributed by atoms with E-state index < -0.39 is 17.8 Å². The Balaban J connectivity index is 0.000000858. The molecule has 0 unspecified atom stereocenters. The topological polar surface area (TPSA) is 206 Å². The minimum absolute atomic E-state index is 0. The monoisotopic (exact) mass is 607 g/mol. The number of benzene rings is 1. The van der Waals surface area contributed by atoms with Gasteiger partial charge in [-0.1, -0.05) is 13.3 Å². The van der Waals surface area contributed by atoms with Crippen LogP contribution in [0.2, 0.25) is 0 Å². The van der Waals surface area contributed by atoms with Crippen LogP contribution in [0.25, 0.3) is 22.4 Å². The van der Waals surface area contributed by atoms with Crippen molar-refractivity contribution < 1.29 is 62.0 Å². The smallest absolute Gasteiger partial charge is 0.790 e. The first kappa shape index (κ1) is 34.6. The summed E-state index contributed by atoms with van der Waals surface area (Å²) in [6, 6.07) is 4.80. The molecule has 1 aliphatic rings. The summed E-state index contributed by atoms with van der Waals surface area (Å²) in [5.41, 5.74) is 1.72. The Labute approximate surface area is 254 Å². The number of phosphoric acid groups is 1. The Morgan fingerprint density at radius 1 is 1.20 bits per heavy atom. The van der Waals surface area contributed by atoms with Gasteiger partial charge < -0.3 is 34.3 Å². The summed E-state index contributed by atoms with van der Waals surface area (Å²) in [5.74, 6) is 0.706. The maximum Gasteiger partial charge on any atom is 1.00 e. The van der Waals surface area contributed by atoms with Crippen LogP contribution in [0.4, 0.5) is 0 Å². The molecular weight excluding hydrogens is 574 g/mol. The van der Waals surface area contributed by atoms with Crippen molar-refractivity contribution in [3.05, 3.63) is 34.2 Å². The van der Waals surface area contributed by atoms with Crippen LogP contribution in [0.1, 0.15) is 39.8 Å². The molecule has 17 heteroatoms. The van der Waals surface area contributed by atoms with Gasteiger partial charge in [0.2, 0.25) is 10.0 Å². The van der Waals surface area contributed by atoms with Crippen molar-refractivity contribution in [1.29, 1.82) is 0 Å². The molecule has 1 aromatic carbocycles. The second-order valence-corrected chi connectivity index (χ2v) is 12.2. The molecule has 4 rings (SSSR count). The van der Waals surface area contributed by atoms with E-state index in [2.05, 4.69) is 15.4 Å². The third-order valence-corrected chi connectivity index (χ3v) is 7.74. The van der Waals surface area contributed by atoms with Crippen LogP contribution < -0.4 is 55.0 Å². The van der Waals surface area contributed by atoms with E-state index in [-0.39, 0.29) is 57.9 Å². The minimum atomic E-state index is -5.14. The van der Waals surface area contributed by atoms with Crippen LogP contribution in [0.5, 0.6) is 5.75 Å². The molecule has 2 atom stereocenters.